The molecule has 0 spiro atoms. The summed E-state index contributed by atoms with van der Waals surface area (Å²) in [4.78, 5) is 28.0. The number of benzene rings is 2. The lowest BCUT2D eigenvalue weighted by Gasteiger charge is -2.31. The molecule has 146 valence electrons. The zero-order valence-corrected chi connectivity index (χ0v) is 16.0. The van der Waals surface area contributed by atoms with E-state index in [1.165, 1.54) is 28.1 Å². The molecule has 0 saturated carbocycles. The van der Waals surface area contributed by atoms with E-state index in [-0.39, 0.29) is 10.3 Å². The number of aromatic amines is 2. The molecule has 1 aliphatic heterocycles. The van der Waals surface area contributed by atoms with Crippen LogP contribution in [0.4, 0.5) is 0 Å². The number of hydrogen-bond acceptors (Lipinski definition) is 4. The van der Waals surface area contributed by atoms with Gasteiger partial charge >= 0.3 is 5.69 Å². The highest BCUT2D eigenvalue weighted by atomic mass is 32.2. The van der Waals surface area contributed by atoms with E-state index in [1.807, 2.05) is 18.2 Å². The third-order valence-electron chi connectivity index (χ3n) is 5.29. The molecule has 0 bridgehead atoms. The average Bonchev–Trinajstić information content (AvgIpc) is 2.69. The highest BCUT2D eigenvalue weighted by molar-refractivity contribution is 7.89. The van der Waals surface area contributed by atoms with Crippen molar-refractivity contribution in [3.63, 3.8) is 0 Å². The van der Waals surface area contributed by atoms with E-state index >= 15 is 0 Å². The Morgan fingerprint density at radius 1 is 0.964 bits per heavy atom. The van der Waals surface area contributed by atoms with E-state index in [2.05, 4.69) is 22.1 Å². The summed E-state index contributed by atoms with van der Waals surface area (Å²) in [6.45, 7) is 0.916. The molecule has 2 N–H and O–H groups in total. The van der Waals surface area contributed by atoms with Gasteiger partial charge in [0.25, 0.3) is 5.56 Å². The second-order valence-corrected chi connectivity index (χ2v) is 9.09. The first kappa shape index (κ1) is 18.6. The minimum atomic E-state index is -3.69. The van der Waals surface area contributed by atoms with Crippen LogP contribution in [0.15, 0.2) is 63.0 Å². The standard InChI is InChI=1S/C20H21N3O4S/c24-19-17-13-16(6-7-18(17)21-20(25)22-19)28(26,27)23-10-8-15(9-11-23)12-14-4-2-1-3-5-14/h1-7,13,15H,8-12H2,(H2,21,22,24,25). The van der Waals surface area contributed by atoms with Crippen LogP contribution in [0.1, 0.15) is 18.4 Å². The molecule has 28 heavy (non-hydrogen) atoms. The Morgan fingerprint density at radius 3 is 2.39 bits per heavy atom. The maximum absolute atomic E-state index is 13.0. The van der Waals surface area contributed by atoms with Crippen LogP contribution in [0, 0.1) is 5.92 Å². The van der Waals surface area contributed by atoms with Crippen LogP contribution in [0.3, 0.4) is 0 Å². The molecule has 1 aromatic heterocycles. The predicted octanol–water partition coefficient (Wildman–Crippen LogP) is 1.86. The van der Waals surface area contributed by atoms with Crippen molar-refractivity contribution in [2.24, 2.45) is 5.92 Å². The predicted molar refractivity (Wildman–Crippen MR) is 107 cm³/mol. The number of hydrogen-bond donors (Lipinski definition) is 2. The summed E-state index contributed by atoms with van der Waals surface area (Å²) in [6.07, 6.45) is 2.55. The zero-order chi connectivity index (χ0) is 19.7. The highest BCUT2D eigenvalue weighted by Gasteiger charge is 2.29. The molecular weight excluding hydrogens is 378 g/mol. The van der Waals surface area contributed by atoms with Gasteiger partial charge in [0.1, 0.15) is 0 Å². The van der Waals surface area contributed by atoms with Gasteiger partial charge in [0, 0.05) is 13.1 Å². The summed E-state index contributed by atoms with van der Waals surface area (Å²) in [5, 5.41) is 0.152. The Kier molecular flexibility index (Phi) is 4.91. The van der Waals surface area contributed by atoms with Crippen molar-refractivity contribution in [3.05, 3.63) is 74.9 Å². The molecule has 8 heteroatoms. The van der Waals surface area contributed by atoms with E-state index in [0.717, 1.165) is 19.3 Å². The summed E-state index contributed by atoms with van der Waals surface area (Å²) < 4.78 is 27.5. The summed E-state index contributed by atoms with van der Waals surface area (Å²) in [5.74, 6) is 0.457. The van der Waals surface area contributed by atoms with Gasteiger partial charge in [0.15, 0.2) is 0 Å². The molecule has 1 fully saturated rings. The van der Waals surface area contributed by atoms with Crippen molar-refractivity contribution in [2.45, 2.75) is 24.2 Å². The van der Waals surface area contributed by atoms with Crippen LogP contribution in [0.2, 0.25) is 0 Å². The number of rotatable bonds is 4. The third kappa shape index (κ3) is 3.65. The van der Waals surface area contributed by atoms with Gasteiger partial charge in [-0.1, -0.05) is 30.3 Å². The number of piperidine rings is 1. The van der Waals surface area contributed by atoms with Gasteiger partial charge in [-0.25, -0.2) is 13.2 Å². The summed E-state index contributed by atoms with van der Waals surface area (Å²) in [7, 11) is -3.69. The van der Waals surface area contributed by atoms with Gasteiger partial charge in [0.2, 0.25) is 10.0 Å². The molecule has 7 nitrogen and oxygen atoms in total. The van der Waals surface area contributed by atoms with E-state index in [1.54, 1.807) is 0 Å². The number of H-pyrrole nitrogens is 2. The number of sulfonamides is 1. The fraction of sp³-hybridized carbons (Fsp3) is 0.300. The molecule has 0 amide bonds. The minimum Gasteiger partial charge on any atom is -0.307 e. The van der Waals surface area contributed by atoms with E-state index in [4.69, 9.17) is 0 Å². The first-order valence-electron chi connectivity index (χ1n) is 9.24. The van der Waals surface area contributed by atoms with E-state index < -0.39 is 21.3 Å². The van der Waals surface area contributed by atoms with Crippen LogP contribution in [0.25, 0.3) is 10.9 Å². The lowest BCUT2D eigenvalue weighted by atomic mass is 9.91. The Hall–Kier alpha value is -2.71. The van der Waals surface area contributed by atoms with E-state index in [9.17, 15) is 18.0 Å². The molecule has 1 saturated heterocycles. The quantitative estimate of drug-likeness (QED) is 0.699. The molecule has 4 rings (SSSR count). The second kappa shape index (κ2) is 7.37. The van der Waals surface area contributed by atoms with Crippen LogP contribution < -0.4 is 11.2 Å². The topological polar surface area (TPSA) is 103 Å². The zero-order valence-electron chi connectivity index (χ0n) is 15.2. The van der Waals surface area contributed by atoms with Gasteiger partial charge in [-0.15, -0.1) is 0 Å². The number of aromatic nitrogens is 2. The van der Waals surface area contributed by atoms with Crippen LogP contribution >= 0.6 is 0 Å². The molecule has 2 aromatic carbocycles. The van der Waals surface area contributed by atoms with Crippen molar-refractivity contribution in [1.82, 2.24) is 14.3 Å². The molecule has 0 unspecified atom stereocenters. The van der Waals surface area contributed by atoms with Gasteiger partial charge in [-0.2, -0.15) is 4.31 Å². The van der Waals surface area contributed by atoms with Gasteiger partial charge in [0.05, 0.1) is 15.8 Å². The number of nitrogens with zero attached hydrogens (tertiary/aromatic N) is 1. The van der Waals surface area contributed by atoms with Crippen molar-refractivity contribution < 1.29 is 8.42 Å². The van der Waals surface area contributed by atoms with Crippen LogP contribution in [-0.2, 0) is 16.4 Å². The van der Waals surface area contributed by atoms with E-state index in [0.29, 0.717) is 24.5 Å². The van der Waals surface area contributed by atoms with Crippen molar-refractivity contribution in [2.75, 3.05) is 13.1 Å². The Labute approximate surface area is 162 Å². The first-order valence-corrected chi connectivity index (χ1v) is 10.7. The Balaban J connectivity index is 1.52. The van der Waals surface area contributed by atoms with Crippen molar-refractivity contribution in [3.8, 4) is 0 Å². The third-order valence-corrected chi connectivity index (χ3v) is 7.18. The number of fused-ring (bicyclic) bond motifs is 1. The molecule has 0 aliphatic carbocycles. The molecule has 0 radical (unpaired) electrons. The van der Waals surface area contributed by atoms with Gasteiger partial charge in [-0.05, 0) is 48.9 Å². The van der Waals surface area contributed by atoms with Crippen LogP contribution in [-0.4, -0.2) is 35.8 Å². The van der Waals surface area contributed by atoms with Gasteiger partial charge < -0.3 is 4.98 Å². The first-order chi connectivity index (χ1) is 13.4. The lowest BCUT2D eigenvalue weighted by molar-refractivity contribution is 0.273. The van der Waals surface area contributed by atoms with Crippen molar-refractivity contribution >= 4 is 20.9 Å². The SMILES string of the molecule is O=c1[nH]c(=O)c2cc(S(=O)(=O)N3CCC(Cc4ccccc4)CC3)ccc2[nH]1. The fourth-order valence-corrected chi connectivity index (χ4v) is 5.25. The van der Waals surface area contributed by atoms with Crippen molar-refractivity contribution in [1.29, 1.82) is 0 Å². The summed E-state index contributed by atoms with van der Waals surface area (Å²) in [5.41, 5.74) is 0.367. The average molecular weight is 399 g/mol. The summed E-state index contributed by atoms with van der Waals surface area (Å²) >= 11 is 0. The minimum absolute atomic E-state index is 0.0686. The lowest BCUT2D eigenvalue weighted by Crippen LogP contribution is -2.39. The molecular formula is C20H21N3O4S. The fourth-order valence-electron chi connectivity index (χ4n) is 3.75. The number of nitrogens with one attached hydrogen (secondary N) is 2. The maximum atomic E-state index is 13.0. The van der Waals surface area contributed by atoms with Gasteiger partial charge in [-0.3, -0.25) is 9.78 Å². The molecule has 1 aliphatic rings. The molecule has 3 aromatic rings. The largest absolute Gasteiger partial charge is 0.326 e. The second-order valence-electron chi connectivity index (χ2n) is 7.15. The monoisotopic (exact) mass is 399 g/mol. The Morgan fingerprint density at radius 2 is 1.68 bits per heavy atom. The van der Waals surface area contributed by atoms with Crippen LogP contribution in [0.5, 0.6) is 0 Å². The summed E-state index contributed by atoms with van der Waals surface area (Å²) in [6, 6.07) is 14.4. The Bertz CT molecular complexity index is 1210. The normalized spacial score (nSPS) is 16.4. The smallest absolute Gasteiger partial charge is 0.307 e. The maximum Gasteiger partial charge on any atom is 0.326 e. The molecule has 0 atom stereocenters. The molecule has 2 heterocycles. The highest BCUT2D eigenvalue weighted by Crippen LogP contribution is 2.26.